The van der Waals surface area contributed by atoms with Gasteiger partial charge in [0.1, 0.15) is 6.04 Å². The Labute approximate surface area is 264 Å². The molecule has 0 bridgehead atoms. The van der Waals surface area contributed by atoms with E-state index in [4.69, 9.17) is 34.8 Å². The van der Waals surface area contributed by atoms with E-state index in [0.29, 0.717) is 10.6 Å². The topological polar surface area (TPSA) is 137 Å². The fourth-order valence-electron chi connectivity index (χ4n) is 5.08. The standard InChI is InChI=1S/C31H31Cl3N4O5/c1-31(2)13-12-22(19-8-3-4-9-20(19)31)38-30(43)35-16-24(29(41)42)37-28(40)26-21(33)10-11-23(27(26)34)36-25(39)15-17-6-5-7-18(32)14-17/h3-11,14,22,24H,12-13,15-16H2,1-2H3,(H,36,39)(H,37,40)(H,41,42)(H2,35,38,43)/t22?,24-/m0/s1. The molecule has 1 aliphatic carbocycles. The molecule has 1 unspecified atom stereocenters. The maximum Gasteiger partial charge on any atom is 0.328 e. The molecule has 3 aromatic rings. The molecule has 9 nitrogen and oxygen atoms in total. The second-order valence-electron chi connectivity index (χ2n) is 10.9. The minimum atomic E-state index is -1.50. The molecular weight excluding hydrogens is 615 g/mol. The van der Waals surface area contributed by atoms with E-state index >= 15 is 0 Å². The van der Waals surface area contributed by atoms with Crippen molar-refractivity contribution >= 4 is 64.3 Å². The molecule has 5 N–H and O–H groups in total. The second kappa shape index (κ2) is 13.7. The molecule has 43 heavy (non-hydrogen) atoms. The number of carboxylic acid groups (broad SMARTS) is 1. The zero-order valence-electron chi connectivity index (χ0n) is 23.5. The molecule has 0 aliphatic heterocycles. The Morgan fingerprint density at radius 2 is 1.74 bits per heavy atom. The number of rotatable bonds is 9. The molecule has 4 amide bonds. The number of nitrogens with one attached hydrogen (secondary N) is 4. The lowest BCUT2D eigenvalue weighted by Crippen LogP contribution is -2.51. The third kappa shape index (κ3) is 7.98. The number of urea groups is 1. The lowest BCUT2D eigenvalue weighted by Gasteiger charge is -2.37. The van der Waals surface area contributed by atoms with Crippen LogP contribution in [0, 0.1) is 0 Å². The summed E-state index contributed by atoms with van der Waals surface area (Å²) in [5.74, 6) is -2.68. The smallest absolute Gasteiger partial charge is 0.328 e. The second-order valence-corrected chi connectivity index (χ2v) is 12.1. The van der Waals surface area contributed by atoms with Gasteiger partial charge in [0.25, 0.3) is 5.91 Å². The predicted molar refractivity (Wildman–Crippen MR) is 167 cm³/mol. The number of hydrogen-bond donors (Lipinski definition) is 5. The summed E-state index contributed by atoms with van der Waals surface area (Å²) < 4.78 is 0. The van der Waals surface area contributed by atoms with Crippen LogP contribution in [0.4, 0.5) is 10.5 Å². The number of hydrogen-bond acceptors (Lipinski definition) is 4. The molecule has 226 valence electrons. The quantitative estimate of drug-likeness (QED) is 0.191. The van der Waals surface area contributed by atoms with Gasteiger partial charge in [0.15, 0.2) is 0 Å². The van der Waals surface area contributed by atoms with Gasteiger partial charge in [-0.3, -0.25) is 9.59 Å². The molecule has 0 aromatic heterocycles. The van der Waals surface area contributed by atoms with Gasteiger partial charge in [0, 0.05) is 5.02 Å². The Balaban J connectivity index is 1.39. The third-order valence-corrected chi connectivity index (χ3v) is 8.29. The van der Waals surface area contributed by atoms with E-state index < -0.39 is 36.4 Å². The number of carboxylic acids is 1. The molecule has 4 rings (SSSR count). The minimum Gasteiger partial charge on any atom is -0.480 e. The molecule has 0 saturated heterocycles. The first-order valence-corrected chi connectivity index (χ1v) is 14.7. The molecule has 3 aromatic carbocycles. The molecule has 0 saturated carbocycles. The molecule has 0 heterocycles. The average Bonchev–Trinajstić information content (AvgIpc) is 2.94. The van der Waals surface area contributed by atoms with E-state index in [1.807, 2.05) is 24.3 Å². The zero-order chi connectivity index (χ0) is 31.3. The fraction of sp³-hybridized carbons (Fsp3) is 0.290. The minimum absolute atomic E-state index is 0.0000692. The number of amides is 4. The van der Waals surface area contributed by atoms with E-state index in [-0.39, 0.29) is 39.2 Å². The van der Waals surface area contributed by atoms with Gasteiger partial charge in [-0.15, -0.1) is 0 Å². The van der Waals surface area contributed by atoms with Gasteiger partial charge in [-0.25, -0.2) is 9.59 Å². The van der Waals surface area contributed by atoms with Gasteiger partial charge < -0.3 is 26.4 Å². The van der Waals surface area contributed by atoms with Crippen LogP contribution in [0.25, 0.3) is 0 Å². The van der Waals surface area contributed by atoms with Crippen molar-refractivity contribution in [3.63, 3.8) is 0 Å². The molecule has 0 radical (unpaired) electrons. The molecule has 0 spiro atoms. The maximum absolute atomic E-state index is 13.1. The van der Waals surface area contributed by atoms with Gasteiger partial charge in [-0.1, -0.05) is 85.0 Å². The van der Waals surface area contributed by atoms with Crippen molar-refractivity contribution < 1.29 is 24.3 Å². The van der Waals surface area contributed by atoms with Crippen LogP contribution in [0.2, 0.25) is 15.1 Å². The van der Waals surface area contributed by atoms with Crippen molar-refractivity contribution in [2.75, 3.05) is 11.9 Å². The number of fused-ring (bicyclic) bond motifs is 1. The van der Waals surface area contributed by atoms with Crippen LogP contribution >= 0.6 is 34.8 Å². The lowest BCUT2D eigenvalue weighted by atomic mass is 9.71. The van der Waals surface area contributed by atoms with Gasteiger partial charge in [-0.05, 0) is 59.2 Å². The van der Waals surface area contributed by atoms with Crippen molar-refractivity contribution in [2.24, 2.45) is 0 Å². The number of halogens is 3. The van der Waals surface area contributed by atoms with Crippen molar-refractivity contribution in [1.82, 2.24) is 16.0 Å². The Bertz CT molecular complexity index is 1560. The predicted octanol–water partition coefficient (Wildman–Crippen LogP) is 6.12. The van der Waals surface area contributed by atoms with Crippen LogP contribution in [0.15, 0.2) is 60.7 Å². The number of aliphatic carboxylic acids is 1. The van der Waals surface area contributed by atoms with E-state index in [0.717, 1.165) is 24.0 Å². The summed E-state index contributed by atoms with van der Waals surface area (Å²) >= 11 is 18.7. The van der Waals surface area contributed by atoms with Crippen LogP contribution in [-0.4, -0.2) is 41.5 Å². The summed E-state index contributed by atoms with van der Waals surface area (Å²) in [5.41, 5.74) is 2.71. The number of benzene rings is 3. The Morgan fingerprint density at radius 1 is 1.00 bits per heavy atom. The third-order valence-electron chi connectivity index (χ3n) is 7.34. The van der Waals surface area contributed by atoms with E-state index in [9.17, 15) is 24.3 Å². The zero-order valence-corrected chi connectivity index (χ0v) is 25.7. The fourth-order valence-corrected chi connectivity index (χ4v) is 5.88. The molecule has 0 fully saturated rings. The number of anilines is 1. The highest BCUT2D eigenvalue weighted by Gasteiger charge is 2.33. The first kappa shape index (κ1) is 32.1. The van der Waals surface area contributed by atoms with Gasteiger partial charge >= 0.3 is 12.0 Å². The normalized spacial score (nSPS) is 15.9. The summed E-state index contributed by atoms with van der Waals surface area (Å²) in [7, 11) is 0. The highest BCUT2D eigenvalue weighted by molar-refractivity contribution is 6.41. The Morgan fingerprint density at radius 3 is 2.47 bits per heavy atom. The van der Waals surface area contributed by atoms with E-state index in [2.05, 4.69) is 35.1 Å². The molecule has 1 aliphatic rings. The number of carbonyl (C=O) groups is 4. The van der Waals surface area contributed by atoms with Crippen LogP contribution in [0.3, 0.4) is 0 Å². The van der Waals surface area contributed by atoms with Crippen LogP contribution in [0.5, 0.6) is 0 Å². The van der Waals surface area contributed by atoms with Crippen LogP contribution in [-0.2, 0) is 21.4 Å². The molecular formula is C31H31Cl3N4O5. The van der Waals surface area contributed by atoms with E-state index in [1.54, 1.807) is 24.3 Å². The Hall–Kier alpha value is -3.79. The lowest BCUT2D eigenvalue weighted by molar-refractivity contribution is -0.139. The summed E-state index contributed by atoms with van der Waals surface area (Å²) in [6, 6.07) is 15.2. The van der Waals surface area contributed by atoms with Gasteiger partial charge in [0.05, 0.1) is 40.3 Å². The SMILES string of the molecule is CC1(C)CCC(NC(=O)NC[C@H](NC(=O)c2c(Cl)ccc(NC(=O)Cc3cccc(Cl)c3)c2Cl)C(=O)O)c2ccccc21. The van der Waals surface area contributed by atoms with Crippen molar-refractivity contribution in [3.05, 3.63) is 98.0 Å². The largest absolute Gasteiger partial charge is 0.480 e. The highest BCUT2D eigenvalue weighted by atomic mass is 35.5. The maximum atomic E-state index is 13.1. The van der Waals surface area contributed by atoms with Crippen molar-refractivity contribution in [1.29, 1.82) is 0 Å². The summed E-state index contributed by atoms with van der Waals surface area (Å²) in [5, 5.41) is 20.4. The first-order valence-electron chi connectivity index (χ1n) is 13.6. The van der Waals surface area contributed by atoms with Gasteiger partial charge in [0.2, 0.25) is 5.91 Å². The average molecular weight is 646 g/mol. The number of carbonyl (C=O) groups excluding carboxylic acids is 3. The molecule has 2 atom stereocenters. The van der Waals surface area contributed by atoms with E-state index in [1.165, 1.54) is 12.1 Å². The molecule has 12 heteroatoms. The van der Waals surface area contributed by atoms with Crippen LogP contribution < -0.4 is 21.3 Å². The van der Waals surface area contributed by atoms with Crippen molar-refractivity contribution in [2.45, 2.75) is 50.6 Å². The summed E-state index contributed by atoms with van der Waals surface area (Å²) in [4.78, 5) is 50.4. The van der Waals surface area contributed by atoms with Crippen LogP contribution in [0.1, 0.15) is 59.8 Å². The Kier molecular flexibility index (Phi) is 10.2. The summed E-state index contributed by atoms with van der Waals surface area (Å²) in [6.45, 7) is 3.91. The monoisotopic (exact) mass is 644 g/mol. The first-order chi connectivity index (χ1) is 20.4. The highest BCUT2D eigenvalue weighted by Crippen LogP contribution is 2.41. The summed E-state index contributed by atoms with van der Waals surface area (Å²) in [6.07, 6.45) is 1.59. The van der Waals surface area contributed by atoms with Gasteiger partial charge in [-0.2, -0.15) is 0 Å². The van der Waals surface area contributed by atoms with Crippen molar-refractivity contribution in [3.8, 4) is 0 Å².